The number of nitrogens with one attached hydrogen (secondary N) is 1. The minimum Gasteiger partial charge on any atom is -0.454 e. The predicted octanol–water partition coefficient (Wildman–Crippen LogP) is 3.49. The van der Waals surface area contributed by atoms with Crippen molar-refractivity contribution in [1.82, 2.24) is 10.3 Å². The molecule has 1 unspecified atom stereocenters. The molecule has 1 aliphatic heterocycles. The maximum atomic E-state index is 12.5. The van der Waals surface area contributed by atoms with E-state index in [1.54, 1.807) is 5.38 Å². The molecule has 0 saturated carbocycles. The van der Waals surface area contributed by atoms with E-state index in [1.807, 2.05) is 39.0 Å². The average molecular weight is 420 g/mol. The molecule has 0 aliphatic carbocycles. The van der Waals surface area contributed by atoms with Gasteiger partial charge in [0.05, 0.1) is 5.54 Å². The summed E-state index contributed by atoms with van der Waals surface area (Å²) < 4.78 is 10.7. The van der Waals surface area contributed by atoms with Gasteiger partial charge >= 0.3 is 0 Å². The third-order valence-corrected chi connectivity index (χ3v) is 5.35. The Morgan fingerprint density at radius 3 is 2.69 bits per heavy atom. The van der Waals surface area contributed by atoms with Gasteiger partial charge in [0.25, 0.3) is 5.91 Å². The number of aromatic nitrogens is 1. The first-order valence-electron chi connectivity index (χ1n) is 7.81. The maximum absolute atomic E-state index is 12.5. The molecular weight excluding hydrogens is 397 g/mol. The standard InChI is InChI=1S/C17H21N3O3S.2ClH/c1-10(2)17(3,8-18)20-15(21)12-7-24-16(19-12)11-4-5-13-14(6-11)23-9-22-13;;/h4-7,10H,8-9,18H2,1-3H3,(H,20,21);2*1H. The third kappa shape index (κ3) is 4.40. The van der Waals surface area contributed by atoms with Gasteiger partial charge in [-0.05, 0) is 31.0 Å². The van der Waals surface area contributed by atoms with Crippen LogP contribution >= 0.6 is 36.2 Å². The van der Waals surface area contributed by atoms with Crippen molar-refractivity contribution < 1.29 is 14.3 Å². The SMILES string of the molecule is CC(C)C(C)(CN)NC(=O)c1csc(-c2ccc3c(c2)OCO3)n1.Cl.Cl. The van der Waals surface area contributed by atoms with Gasteiger partial charge in [-0.2, -0.15) is 0 Å². The van der Waals surface area contributed by atoms with Gasteiger partial charge in [0.2, 0.25) is 6.79 Å². The van der Waals surface area contributed by atoms with Gasteiger partial charge in [-0.3, -0.25) is 4.79 Å². The summed E-state index contributed by atoms with van der Waals surface area (Å²) >= 11 is 1.42. The minimum atomic E-state index is -0.459. The molecule has 1 atom stereocenters. The van der Waals surface area contributed by atoms with Crippen molar-refractivity contribution in [3.05, 3.63) is 29.3 Å². The van der Waals surface area contributed by atoms with E-state index in [4.69, 9.17) is 15.2 Å². The summed E-state index contributed by atoms with van der Waals surface area (Å²) in [5, 5.41) is 5.52. The number of nitrogens with zero attached hydrogens (tertiary/aromatic N) is 1. The molecule has 2 heterocycles. The first-order valence-corrected chi connectivity index (χ1v) is 8.69. The Labute approximate surface area is 169 Å². The zero-order valence-corrected chi connectivity index (χ0v) is 17.2. The van der Waals surface area contributed by atoms with Crippen molar-refractivity contribution in [2.45, 2.75) is 26.3 Å². The van der Waals surface area contributed by atoms with Crippen LogP contribution < -0.4 is 20.5 Å². The molecule has 26 heavy (non-hydrogen) atoms. The number of fused-ring (bicyclic) bond motifs is 1. The molecule has 1 aromatic heterocycles. The summed E-state index contributed by atoms with van der Waals surface area (Å²) in [5.41, 5.74) is 6.66. The summed E-state index contributed by atoms with van der Waals surface area (Å²) in [4.78, 5) is 16.9. The van der Waals surface area contributed by atoms with Crippen LogP contribution in [-0.2, 0) is 0 Å². The highest BCUT2D eigenvalue weighted by Crippen LogP contribution is 2.36. The smallest absolute Gasteiger partial charge is 0.271 e. The van der Waals surface area contributed by atoms with Crippen LogP contribution in [0.3, 0.4) is 0 Å². The van der Waals surface area contributed by atoms with Crippen LogP contribution in [0, 0.1) is 5.92 Å². The Hall–Kier alpha value is -1.54. The molecule has 3 N–H and O–H groups in total. The molecular formula is C17H23Cl2N3O3S. The van der Waals surface area contributed by atoms with Crippen LogP contribution in [0.1, 0.15) is 31.3 Å². The van der Waals surface area contributed by atoms with Crippen LogP contribution in [0.5, 0.6) is 11.5 Å². The lowest BCUT2D eigenvalue weighted by Gasteiger charge is -2.33. The molecule has 1 aromatic carbocycles. The molecule has 144 valence electrons. The molecule has 0 spiro atoms. The average Bonchev–Trinajstić information content (AvgIpc) is 3.22. The fraction of sp³-hybridized carbons (Fsp3) is 0.412. The van der Waals surface area contributed by atoms with Crippen LogP contribution in [-0.4, -0.2) is 29.8 Å². The van der Waals surface area contributed by atoms with Gasteiger partial charge in [0.1, 0.15) is 10.7 Å². The Bertz CT molecular complexity index is 769. The number of hydrogen-bond donors (Lipinski definition) is 2. The molecule has 0 fully saturated rings. The van der Waals surface area contributed by atoms with Crippen molar-refractivity contribution in [2.24, 2.45) is 11.7 Å². The van der Waals surface area contributed by atoms with Crippen LogP contribution in [0.15, 0.2) is 23.6 Å². The molecule has 0 radical (unpaired) electrons. The highest BCUT2D eigenvalue weighted by Gasteiger charge is 2.29. The number of amides is 1. The molecule has 2 aromatic rings. The second kappa shape index (κ2) is 8.90. The number of thiazole rings is 1. The molecule has 1 aliphatic rings. The molecule has 6 nitrogen and oxygen atoms in total. The summed E-state index contributed by atoms with van der Waals surface area (Å²) in [7, 11) is 0. The topological polar surface area (TPSA) is 86.5 Å². The first kappa shape index (κ1) is 22.5. The van der Waals surface area contributed by atoms with E-state index in [0.29, 0.717) is 18.0 Å². The number of rotatable bonds is 5. The molecule has 9 heteroatoms. The van der Waals surface area contributed by atoms with Crippen LogP contribution in [0.2, 0.25) is 0 Å². The van der Waals surface area contributed by atoms with Gasteiger partial charge in [-0.25, -0.2) is 4.98 Å². The van der Waals surface area contributed by atoms with Crippen molar-refractivity contribution >= 4 is 42.1 Å². The van der Waals surface area contributed by atoms with Gasteiger partial charge < -0.3 is 20.5 Å². The van der Waals surface area contributed by atoms with Crippen molar-refractivity contribution in [3.8, 4) is 22.1 Å². The summed E-state index contributed by atoms with van der Waals surface area (Å²) in [6.07, 6.45) is 0. The van der Waals surface area contributed by atoms with Crippen molar-refractivity contribution in [2.75, 3.05) is 13.3 Å². The first-order chi connectivity index (χ1) is 11.4. The second-order valence-corrected chi connectivity index (χ2v) is 7.19. The molecule has 0 bridgehead atoms. The summed E-state index contributed by atoms with van der Waals surface area (Å²) in [5.74, 6) is 1.44. The number of ether oxygens (including phenoxy) is 2. The molecule has 3 rings (SSSR count). The number of carbonyl (C=O) groups excluding carboxylic acids is 1. The number of benzene rings is 1. The van der Waals surface area contributed by atoms with Gasteiger partial charge in [-0.15, -0.1) is 36.2 Å². The third-order valence-electron chi connectivity index (χ3n) is 4.45. The maximum Gasteiger partial charge on any atom is 0.271 e. The van der Waals surface area contributed by atoms with Crippen molar-refractivity contribution in [3.63, 3.8) is 0 Å². The highest BCUT2D eigenvalue weighted by atomic mass is 35.5. The number of nitrogens with two attached hydrogens (primary N) is 1. The lowest BCUT2D eigenvalue weighted by atomic mass is 9.88. The zero-order valence-electron chi connectivity index (χ0n) is 14.8. The molecule has 1 amide bonds. The zero-order chi connectivity index (χ0) is 17.3. The van der Waals surface area contributed by atoms with E-state index in [0.717, 1.165) is 16.3 Å². The predicted molar refractivity (Wildman–Crippen MR) is 108 cm³/mol. The summed E-state index contributed by atoms with van der Waals surface area (Å²) in [6.45, 7) is 6.62. The highest BCUT2D eigenvalue weighted by molar-refractivity contribution is 7.13. The summed E-state index contributed by atoms with van der Waals surface area (Å²) in [6, 6.07) is 5.64. The van der Waals surface area contributed by atoms with E-state index < -0.39 is 5.54 Å². The largest absolute Gasteiger partial charge is 0.454 e. The van der Waals surface area contributed by atoms with E-state index >= 15 is 0 Å². The fourth-order valence-electron chi connectivity index (χ4n) is 2.29. The van der Waals surface area contributed by atoms with E-state index in [-0.39, 0.29) is 43.4 Å². The number of hydrogen-bond acceptors (Lipinski definition) is 6. The number of halogens is 2. The van der Waals surface area contributed by atoms with Crippen LogP contribution in [0.4, 0.5) is 0 Å². The van der Waals surface area contributed by atoms with E-state index in [9.17, 15) is 4.79 Å². The van der Waals surface area contributed by atoms with Gasteiger partial charge in [0.15, 0.2) is 11.5 Å². The Kier molecular flexibility index (Phi) is 7.70. The van der Waals surface area contributed by atoms with E-state index in [2.05, 4.69) is 10.3 Å². The van der Waals surface area contributed by atoms with Crippen molar-refractivity contribution in [1.29, 1.82) is 0 Å². The number of carbonyl (C=O) groups is 1. The van der Waals surface area contributed by atoms with Gasteiger partial charge in [-0.1, -0.05) is 13.8 Å². The monoisotopic (exact) mass is 419 g/mol. The van der Waals surface area contributed by atoms with Crippen LogP contribution in [0.25, 0.3) is 10.6 Å². The lowest BCUT2D eigenvalue weighted by molar-refractivity contribution is 0.0879. The lowest BCUT2D eigenvalue weighted by Crippen LogP contribution is -2.55. The fourth-order valence-corrected chi connectivity index (χ4v) is 3.09. The normalized spacial score (nSPS) is 14.2. The minimum absolute atomic E-state index is 0. The Morgan fingerprint density at radius 2 is 2.04 bits per heavy atom. The van der Waals surface area contributed by atoms with Gasteiger partial charge in [0, 0.05) is 17.5 Å². The second-order valence-electron chi connectivity index (χ2n) is 6.34. The Balaban J connectivity index is 0.00000169. The molecule has 0 saturated heterocycles. The van der Waals surface area contributed by atoms with E-state index in [1.165, 1.54) is 11.3 Å². The Morgan fingerprint density at radius 1 is 1.35 bits per heavy atom. The quantitative estimate of drug-likeness (QED) is 0.774.